The molecule has 0 amide bonds. The van der Waals surface area contributed by atoms with Crippen LogP contribution in [-0.4, -0.2) is 9.55 Å². The molecule has 108 valence electrons. The number of benzene rings is 1. The third-order valence-corrected chi connectivity index (χ3v) is 3.46. The molecule has 0 saturated heterocycles. The van der Waals surface area contributed by atoms with E-state index in [2.05, 4.69) is 64.3 Å². The normalized spacial score (nSPS) is 11.9. The van der Waals surface area contributed by atoms with Crippen molar-refractivity contribution >= 4 is 5.82 Å². The van der Waals surface area contributed by atoms with Gasteiger partial charge in [0, 0.05) is 17.5 Å². The standard InChI is InChI=1S/C17H25N3/c1-7-14-19-15(16(18)20(14)17(4,5)6)13-9-11(2)8-12(3)10-13/h8-10H,7,18H2,1-6H3. The number of anilines is 1. The van der Waals surface area contributed by atoms with Crippen molar-refractivity contribution in [2.24, 2.45) is 0 Å². The molecule has 0 saturated carbocycles. The van der Waals surface area contributed by atoms with Crippen LogP contribution in [0, 0.1) is 13.8 Å². The smallest absolute Gasteiger partial charge is 0.132 e. The minimum absolute atomic E-state index is 0.0560. The molecule has 2 rings (SSSR count). The van der Waals surface area contributed by atoms with Gasteiger partial charge in [-0.2, -0.15) is 0 Å². The van der Waals surface area contributed by atoms with Gasteiger partial charge in [0.2, 0.25) is 0 Å². The highest BCUT2D eigenvalue weighted by atomic mass is 15.2. The van der Waals surface area contributed by atoms with Crippen LogP contribution < -0.4 is 5.73 Å². The number of nitrogens with two attached hydrogens (primary N) is 1. The van der Waals surface area contributed by atoms with E-state index in [1.807, 2.05) is 0 Å². The van der Waals surface area contributed by atoms with Gasteiger partial charge in [0.15, 0.2) is 0 Å². The molecule has 0 spiro atoms. The number of aromatic nitrogens is 2. The summed E-state index contributed by atoms with van der Waals surface area (Å²) in [6, 6.07) is 6.47. The highest BCUT2D eigenvalue weighted by Crippen LogP contribution is 2.32. The van der Waals surface area contributed by atoms with Crippen molar-refractivity contribution in [3.05, 3.63) is 35.2 Å². The summed E-state index contributed by atoms with van der Waals surface area (Å²) in [5.41, 5.74) is 10.8. The molecule has 1 aromatic heterocycles. The van der Waals surface area contributed by atoms with E-state index < -0.39 is 0 Å². The lowest BCUT2D eigenvalue weighted by atomic mass is 10.0. The van der Waals surface area contributed by atoms with E-state index in [4.69, 9.17) is 10.7 Å². The molecule has 1 heterocycles. The van der Waals surface area contributed by atoms with E-state index in [1.54, 1.807) is 0 Å². The van der Waals surface area contributed by atoms with Gasteiger partial charge in [0.25, 0.3) is 0 Å². The zero-order chi connectivity index (χ0) is 15.1. The summed E-state index contributed by atoms with van der Waals surface area (Å²) >= 11 is 0. The van der Waals surface area contributed by atoms with Crippen molar-refractivity contribution in [1.29, 1.82) is 0 Å². The molecule has 0 aliphatic rings. The maximum Gasteiger partial charge on any atom is 0.132 e. The van der Waals surface area contributed by atoms with Gasteiger partial charge in [0.1, 0.15) is 17.3 Å². The lowest BCUT2D eigenvalue weighted by Gasteiger charge is -2.24. The van der Waals surface area contributed by atoms with Crippen LogP contribution in [0.15, 0.2) is 18.2 Å². The molecular formula is C17H25N3. The number of aryl methyl sites for hydroxylation is 3. The van der Waals surface area contributed by atoms with Crippen LogP contribution in [-0.2, 0) is 12.0 Å². The SMILES string of the molecule is CCc1nc(-c2cc(C)cc(C)c2)c(N)n1C(C)(C)C. The first-order chi connectivity index (χ1) is 9.24. The quantitative estimate of drug-likeness (QED) is 0.895. The van der Waals surface area contributed by atoms with E-state index in [0.29, 0.717) is 0 Å². The highest BCUT2D eigenvalue weighted by molar-refractivity contribution is 5.72. The highest BCUT2D eigenvalue weighted by Gasteiger charge is 2.23. The second-order valence-corrected chi connectivity index (χ2v) is 6.50. The predicted molar refractivity (Wildman–Crippen MR) is 85.9 cm³/mol. The van der Waals surface area contributed by atoms with Crippen molar-refractivity contribution in [1.82, 2.24) is 9.55 Å². The average molecular weight is 271 g/mol. The topological polar surface area (TPSA) is 43.8 Å². The molecule has 0 radical (unpaired) electrons. The molecule has 3 heteroatoms. The molecule has 2 aromatic rings. The molecule has 2 N–H and O–H groups in total. The number of imidazole rings is 1. The van der Waals surface area contributed by atoms with Crippen LogP contribution in [0.4, 0.5) is 5.82 Å². The molecule has 3 nitrogen and oxygen atoms in total. The third kappa shape index (κ3) is 2.58. The maximum atomic E-state index is 6.40. The number of hydrogen-bond donors (Lipinski definition) is 1. The molecule has 0 bridgehead atoms. The first-order valence-electron chi connectivity index (χ1n) is 7.20. The Labute approximate surface area is 121 Å². The summed E-state index contributed by atoms with van der Waals surface area (Å²) in [5, 5.41) is 0. The molecule has 20 heavy (non-hydrogen) atoms. The van der Waals surface area contributed by atoms with E-state index in [0.717, 1.165) is 29.3 Å². The van der Waals surface area contributed by atoms with E-state index in [9.17, 15) is 0 Å². The van der Waals surface area contributed by atoms with Gasteiger partial charge in [-0.1, -0.05) is 24.1 Å². The number of rotatable bonds is 2. The maximum absolute atomic E-state index is 6.40. The summed E-state index contributed by atoms with van der Waals surface area (Å²) in [7, 11) is 0. The van der Waals surface area contributed by atoms with Crippen molar-refractivity contribution in [3.8, 4) is 11.3 Å². The third-order valence-electron chi connectivity index (χ3n) is 3.46. The van der Waals surface area contributed by atoms with E-state index in [-0.39, 0.29) is 5.54 Å². The zero-order valence-corrected chi connectivity index (χ0v) is 13.4. The van der Waals surface area contributed by atoms with Crippen molar-refractivity contribution in [2.75, 3.05) is 5.73 Å². The first-order valence-corrected chi connectivity index (χ1v) is 7.20. The molecule has 0 aliphatic heterocycles. The van der Waals surface area contributed by atoms with Gasteiger partial charge < -0.3 is 10.3 Å². The second-order valence-electron chi connectivity index (χ2n) is 6.50. The van der Waals surface area contributed by atoms with Crippen LogP contribution in [0.3, 0.4) is 0 Å². The summed E-state index contributed by atoms with van der Waals surface area (Å²) < 4.78 is 2.15. The predicted octanol–water partition coefficient (Wildman–Crippen LogP) is 4.07. The van der Waals surface area contributed by atoms with Gasteiger partial charge in [-0.15, -0.1) is 0 Å². The van der Waals surface area contributed by atoms with Crippen LogP contribution in [0.5, 0.6) is 0 Å². The number of nitrogen functional groups attached to an aromatic ring is 1. The molecule has 0 aliphatic carbocycles. The van der Waals surface area contributed by atoms with Crippen molar-refractivity contribution < 1.29 is 0 Å². The summed E-state index contributed by atoms with van der Waals surface area (Å²) in [6.07, 6.45) is 0.881. The lowest BCUT2D eigenvalue weighted by molar-refractivity contribution is 0.389. The minimum Gasteiger partial charge on any atom is -0.383 e. The van der Waals surface area contributed by atoms with Crippen molar-refractivity contribution in [3.63, 3.8) is 0 Å². The fraction of sp³-hybridized carbons (Fsp3) is 0.471. The van der Waals surface area contributed by atoms with Crippen molar-refractivity contribution in [2.45, 2.75) is 53.5 Å². The molecule has 0 fully saturated rings. The molecule has 1 aromatic carbocycles. The van der Waals surface area contributed by atoms with Crippen LogP contribution in [0.1, 0.15) is 44.6 Å². The summed E-state index contributed by atoms with van der Waals surface area (Å²) in [6.45, 7) is 12.8. The Balaban J connectivity index is 2.67. The fourth-order valence-electron chi connectivity index (χ4n) is 2.79. The molecular weight excluding hydrogens is 246 g/mol. The first kappa shape index (κ1) is 14.6. The number of nitrogens with zero attached hydrogens (tertiary/aromatic N) is 2. The Morgan fingerprint density at radius 1 is 1.10 bits per heavy atom. The Hall–Kier alpha value is -1.77. The fourth-order valence-corrected chi connectivity index (χ4v) is 2.79. The molecule has 0 unspecified atom stereocenters. The largest absolute Gasteiger partial charge is 0.383 e. The Kier molecular flexibility index (Phi) is 3.63. The second kappa shape index (κ2) is 4.97. The lowest BCUT2D eigenvalue weighted by Crippen LogP contribution is -2.25. The monoisotopic (exact) mass is 271 g/mol. The average Bonchev–Trinajstić information content (AvgIpc) is 2.64. The Morgan fingerprint density at radius 3 is 2.05 bits per heavy atom. The summed E-state index contributed by atoms with van der Waals surface area (Å²) in [5.74, 6) is 1.81. The van der Waals surface area contributed by atoms with Gasteiger partial charge in [0.05, 0.1) is 0 Å². The van der Waals surface area contributed by atoms with Crippen LogP contribution >= 0.6 is 0 Å². The van der Waals surface area contributed by atoms with Crippen LogP contribution in [0.2, 0.25) is 0 Å². The minimum atomic E-state index is -0.0560. The van der Waals surface area contributed by atoms with Gasteiger partial charge in [-0.05, 0) is 46.8 Å². The molecule has 0 atom stereocenters. The Morgan fingerprint density at radius 2 is 1.65 bits per heavy atom. The van der Waals surface area contributed by atoms with Gasteiger partial charge in [-0.3, -0.25) is 0 Å². The van der Waals surface area contributed by atoms with E-state index in [1.165, 1.54) is 11.1 Å². The summed E-state index contributed by atoms with van der Waals surface area (Å²) in [4.78, 5) is 4.79. The van der Waals surface area contributed by atoms with Gasteiger partial charge in [-0.25, -0.2) is 4.98 Å². The zero-order valence-electron chi connectivity index (χ0n) is 13.4. The van der Waals surface area contributed by atoms with Crippen LogP contribution in [0.25, 0.3) is 11.3 Å². The van der Waals surface area contributed by atoms with E-state index >= 15 is 0 Å². The number of hydrogen-bond acceptors (Lipinski definition) is 2. The Bertz CT molecular complexity index is 610. The van der Waals surface area contributed by atoms with Gasteiger partial charge >= 0.3 is 0 Å².